The Hall–Kier alpha value is -2.03. The van der Waals surface area contributed by atoms with E-state index >= 15 is 0 Å². The molecule has 0 aromatic carbocycles. The van der Waals surface area contributed by atoms with Gasteiger partial charge in [-0.1, -0.05) is 0 Å². The van der Waals surface area contributed by atoms with Crippen LogP contribution in [0.3, 0.4) is 0 Å². The summed E-state index contributed by atoms with van der Waals surface area (Å²) in [6.45, 7) is 0. The number of pyridine rings is 1. The normalized spacial score (nSPS) is 11.6. The van der Waals surface area contributed by atoms with Crippen molar-refractivity contribution >= 4 is 11.9 Å². The Morgan fingerprint density at radius 1 is 1.47 bits per heavy atom. The Balaban J connectivity index is 3.18. The fourth-order valence-electron chi connectivity index (χ4n) is 0.943. The van der Waals surface area contributed by atoms with Crippen molar-refractivity contribution in [2.24, 2.45) is 0 Å². The van der Waals surface area contributed by atoms with Crippen LogP contribution in [0.5, 0.6) is 0 Å². The molecule has 1 aromatic rings. The zero-order chi connectivity index (χ0) is 11.5. The molecule has 0 spiro atoms. The lowest BCUT2D eigenvalue weighted by molar-refractivity contribution is -0.137. The highest BCUT2D eigenvalue weighted by molar-refractivity contribution is 5.55. The molecule has 78 valence electrons. The minimum absolute atomic E-state index is 0.179. The number of nitrogens with zero attached hydrogens (tertiary/aromatic N) is 2. The van der Waals surface area contributed by atoms with Crippen LogP contribution in [0.1, 0.15) is 11.1 Å². The molecule has 0 saturated carbocycles. The van der Waals surface area contributed by atoms with Crippen LogP contribution in [0.4, 0.5) is 19.0 Å². The topological polar surface area (TPSA) is 62.7 Å². The molecule has 0 radical (unpaired) electrons. The lowest BCUT2D eigenvalue weighted by atomic mass is 10.1. The van der Waals surface area contributed by atoms with Gasteiger partial charge >= 0.3 is 6.18 Å². The van der Waals surface area contributed by atoms with E-state index in [1.807, 2.05) is 0 Å². The first-order valence-corrected chi connectivity index (χ1v) is 3.84. The Morgan fingerprint density at radius 2 is 2.13 bits per heavy atom. The fraction of sp³-hybridized carbons (Fsp3) is 0.111. The summed E-state index contributed by atoms with van der Waals surface area (Å²) in [7, 11) is 0. The lowest BCUT2D eigenvalue weighted by Gasteiger charge is -2.09. The van der Waals surface area contributed by atoms with Gasteiger partial charge in [-0.05, 0) is 17.7 Å². The lowest BCUT2D eigenvalue weighted by Crippen LogP contribution is -2.10. The summed E-state index contributed by atoms with van der Waals surface area (Å²) in [4.78, 5) is 3.40. The maximum absolute atomic E-state index is 12.3. The highest BCUT2D eigenvalue weighted by Gasteiger charge is 2.33. The summed E-state index contributed by atoms with van der Waals surface area (Å²) in [5.74, 6) is -0.573. The van der Waals surface area contributed by atoms with Crippen molar-refractivity contribution in [2.45, 2.75) is 6.18 Å². The molecule has 1 aromatic heterocycles. The third kappa shape index (κ3) is 2.71. The van der Waals surface area contributed by atoms with Gasteiger partial charge < -0.3 is 5.73 Å². The first-order chi connectivity index (χ1) is 6.95. The molecular weight excluding hydrogens is 207 g/mol. The van der Waals surface area contributed by atoms with Crippen LogP contribution in [-0.4, -0.2) is 4.98 Å². The highest BCUT2D eigenvalue weighted by atomic mass is 19.4. The van der Waals surface area contributed by atoms with Crippen LogP contribution in [0.15, 0.2) is 18.3 Å². The number of nitrogen functional groups attached to an aromatic ring is 1. The van der Waals surface area contributed by atoms with Crippen molar-refractivity contribution in [1.29, 1.82) is 5.26 Å². The molecule has 0 aliphatic rings. The number of nitriles is 1. The van der Waals surface area contributed by atoms with Crippen molar-refractivity contribution < 1.29 is 13.2 Å². The van der Waals surface area contributed by atoms with Gasteiger partial charge in [0.2, 0.25) is 0 Å². The summed E-state index contributed by atoms with van der Waals surface area (Å²) < 4.78 is 37.0. The minimum atomic E-state index is -4.53. The van der Waals surface area contributed by atoms with Gasteiger partial charge in [-0.3, -0.25) is 0 Å². The van der Waals surface area contributed by atoms with E-state index in [4.69, 9.17) is 11.0 Å². The van der Waals surface area contributed by atoms with E-state index in [1.54, 1.807) is 6.07 Å². The molecule has 0 aliphatic carbocycles. The molecule has 0 aliphatic heterocycles. The summed E-state index contributed by atoms with van der Waals surface area (Å²) in [5.41, 5.74) is 4.27. The molecule has 2 N–H and O–H groups in total. The van der Waals surface area contributed by atoms with Gasteiger partial charge in [-0.25, -0.2) is 4.98 Å². The van der Waals surface area contributed by atoms with Crippen molar-refractivity contribution in [1.82, 2.24) is 4.98 Å². The van der Waals surface area contributed by atoms with Crippen LogP contribution < -0.4 is 5.73 Å². The molecule has 0 unspecified atom stereocenters. The number of allylic oxidation sites excluding steroid dienone is 1. The van der Waals surface area contributed by atoms with E-state index in [0.29, 0.717) is 0 Å². The number of anilines is 1. The molecule has 6 heteroatoms. The molecule has 0 atom stereocenters. The van der Waals surface area contributed by atoms with Gasteiger partial charge in [0.15, 0.2) is 0 Å². The number of hydrogen-bond donors (Lipinski definition) is 1. The molecule has 0 bridgehead atoms. The number of rotatable bonds is 1. The first-order valence-electron chi connectivity index (χ1n) is 3.84. The van der Waals surface area contributed by atoms with E-state index in [9.17, 15) is 13.2 Å². The standard InChI is InChI=1S/C9H6F3N3/c10-9(11,12)7-4-6(2-1-3-13)5-15-8(7)14/h1-2,4-5H,(H2,14,15). The van der Waals surface area contributed by atoms with Gasteiger partial charge in [-0.2, -0.15) is 18.4 Å². The second kappa shape index (κ2) is 4.00. The van der Waals surface area contributed by atoms with Crippen LogP contribution in [0.25, 0.3) is 6.08 Å². The number of aromatic nitrogens is 1. The van der Waals surface area contributed by atoms with Crippen molar-refractivity contribution in [2.75, 3.05) is 5.73 Å². The fourth-order valence-corrected chi connectivity index (χ4v) is 0.943. The molecule has 1 heterocycles. The third-order valence-electron chi connectivity index (χ3n) is 1.60. The largest absolute Gasteiger partial charge is 0.419 e. The third-order valence-corrected chi connectivity index (χ3v) is 1.60. The van der Waals surface area contributed by atoms with Gasteiger partial charge in [0.25, 0.3) is 0 Å². The van der Waals surface area contributed by atoms with Crippen LogP contribution in [0.2, 0.25) is 0 Å². The second-order valence-corrected chi connectivity index (χ2v) is 2.66. The minimum Gasteiger partial charge on any atom is -0.383 e. The molecular formula is C9H6F3N3. The zero-order valence-corrected chi connectivity index (χ0v) is 7.42. The Bertz CT molecular complexity index is 429. The number of halogens is 3. The van der Waals surface area contributed by atoms with Crippen LogP contribution in [-0.2, 0) is 6.18 Å². The summed E-state index contributed by atoms with van der Waals surface area (Å²) in [5, 5.41) is 8.21. The predicted octanol–water partition coefficient (Wildman–Crippen LogP) is 2.22. The van der Waals surface area contributed by atoms with E-state index < -0.39 is 17.6 Å². The predicted molar refractivity (Wildman–Crippen MR) is 48.3 cm³/mol. The molecule has 0 amide bonds. The van der Waals surface area contributed by atoms with E-state index in [2.05, 4.69) is 4.98 Å². The summed E-state index contributed by atoms with van der Waals surface area (Å²) in [6, 6.07) is 2.51. The molecule has 1 rings (SSSR count). The van der Waals surface area contributed by atoms with Gasteiger partial charge in [0, 0.05) is 12.3 Å². The van der Waals surface area contributed by atoms with Crippen LogP contribution in [0, 0.1) is 11.3 Å². The molecule has 3 nitrogen and oxygen atoms in total. The molecule has 0 saturated heterocycles. The van der Waals surface area contributed by atoms with E-state index in [1.165, 1.54) is 12.3 Å². The van der Waals surface area contributed by atoms with Crippen LogP contribution >= 0.6 is 0 Å². The Labute approximate surface area is 83.7 Å². The average molecular weight is 213 g/mol. The zero-order valence-electron chi connectivity index (χ0n) is 7.42. The molecule has 0 fully saturated rings. The highest BCUT2D eigenvalue weighted by Crippen LogP contribution is 2.32. The average Bonchev–Trinajstić information content (AvgIpc) is 2.15. The SMILES string of the molecule is N#CC=Cc1cnc(N)c(C(F)(F)F)c1. The van der Waals surface area contributed by atoms with Crippen molar-refractivity contribution in [3.05, 3.63) is 29.5 Å². The Morgan fingerprint density at radius 3 is 2.67 bits per heavy atom. The quantitative estimate of drug-likeness (QED) is 0.727. The molecule has 15 heavy (non-hydrogen) atoms. The maximum atomic E-state index is 12.3. The van der Waals surface area contributed by atoms with Crippen molar-refractivity contribution in [3.8, 4) is 6.07 Å². The van der Waals surface area contributed by atoms with E-state index in [0.717, 1.165) is 12.1 Å². The maximum Gasteiger partial charge on any atom is 0.419 e. The van der Waals surface area contributed by atoms with Gasteiger partial charge in [0.1, 0.15) is 5.82 Å². The van der Waals surface area contributed by atoms with Gasteiger partial charge in [0.05, 0.1) is 11.6 Å². The smallest absolute Gasteiger partial charge is 0.383 e. The Kier molecular flexibility index (Phi) is 2.95. The number of hydrogen-bond acceptors (Lipinski definition) is 3. The van der Waals surface area contributed by atoms with E-state index in [-0.39, 0.29) is 5.56 Å². The number of alkyl halides is 3. The first kappa shape index (κ1) is 11.0. The number of nitrogens with two attached hydrogens (primary N) is 1. The van der Waals surface area contributed by atoms with Crippen molar-refractivity contribution in [3.63, 3.8) is 0 Å². The summed E-state index contributed by atoms with van der Waals surface area (Å²) >= 11 is 0. The summed E-state index contributed by atoms with van der Waals surface area (Å²) in [6.07, 6.45) is -1.08. The second-order valence-electron chi connectivity index (χ2n) is 2.66. The van der Waals surface area contributed by atoms with Gasteiger partial charge in [-0.15, -0.1) is 0 Å². The monoisotopic (exact) mass is 213 g/mol.